The van der Waals surface area contributed by atoms with Crippen molar-refractivity contribution in [3.8, 4) is 0 Å². The van der Waals surface area contributed by atoms with Gasteiger partial charge in [-0.25, -0.2) is 0 Å². The van der Waals surface area contributed by atoms with E-state index in [1.807, 2.05) is 6.07 Å². The standard InChI is InChI=1S/C13H14ClNO4S/c1-15(10-7-19-6-9(10)13(17)18)12(16)5-3-8-2-4-11(14)20-8/h2-5,9-10H,6-7H2,1H3,(H,17,18). The minimum Gasteiger partial charge on any atom is -0.481 e. The maximum atomic E-state index is 12.0. The third-order valence-electron chi connectivity index (χ3n) is 3.20. The molecule has 1 N–H and O–H groups in total. The lowest BCUT2D eigenvalue weighted by Crippen LogP contribution is -2.43. The molecule has 0 bridgehead atoms. The number of carbonyl (C=O) groups excluding carboxylic acids is 1. The molecule has 1 saturated heterocycles. The molecule has 1 aromatic rings. The minimum atomic E-state index is -0.943. The lowest BCUT2D eigenvalue weighted by molar-refractivity contribution is -0.143. The highest BCUT2D eigenvalue weighted by Crippen LogP contribution is 2.23. The Balaban J connectivity index is 2.01. The molecule has 2 rings (SSSR count). The lowest BCUT2D eigenvalue weighted by atomic mass is 10.0. The number of halogens is 1. The predicted molar refractivity (Wildman–Crippen MR) is 76.9 cm³/mol. The van der Waals surface area contributed by atoms with Crippen LogP contribution < -0.4 is 0 Å². The van der Waals surface area contributed by atoms with E-state index in [2.05, 4.69) is 0 Å². The number of ether oxygens (including phenoxy) is 1. The van der Waals surface area contributed by atoms with Gasteiger partial charge in [-0.15, -0.1) is 11.3 Å². The first-order valence-corrected chi connectivity index (χ1v) is 7.19. The zero-order valence-electron chi connectivity index (χ0n) is 10.8. The Labute approximate surface area is 125 Å². The van der Waals surface area contributed by atoms with E-state index < -0.39 is 17.9 Å². The molecular weight excluding hydrogens is 302 g/mol. The Bertz CT molecular complexity index is 542. The van der Waals surface area contributed by atoms with Crippen LogP contribution in [-0.2, 0) is 14.3 Å². The van der Waals surface area contributed by atoms with Crippen LogP contribution in [0.3, 0.4) is 0 Å². The van der Waals surface area contributed by atoms with Gasteiger partial charge in [0.05, 0.1) is 23.6 Å². The van der Waals surface area contributed by atoms with Crippen molar-refractivity contribution < 1.29 is 19.4 Å². The number of hydrogen-bond acceptors (Lipinski definition) is 4. The molecule has 1 aromatic heterocycles. The second-order valence-corrected chi connectivity index (χ2v) is 6.22. The molecular formula is C13H14ClNO4S. The third-order valence-corrected chi connectivity index (χ3v) is 4.39. The van der Waals surface area contributed by atoms with Gasteiger partial charge < -0.3 is 14.7 Å². The zero-order chi connectivity index (χ0) is 14.7. The van der Waals surface area contributed by atoms with Gasteiger partial charge in [-0.05, 0) is 18.2 Å². The summed E-state index contributed by atoms with van der Waals surface area (Å²) >= 11 is 7.17. The second-order valence-electron chi connectivity index (χ2n) is 4.47. The molecule has 2 unspecified atom stereocenters. The smallest absolute Gasteiger partial charge is 0.311 e. The molecule has 7 heteroatoms. The van der Waals surface area contributed by atoms with Crippen molar-refractivity contribution in [1.82, 2.24) is 4.90 Å². The Morgan fingerprint density at radius 1 is 1.50 bits per heavy atom. The zero-order valence-corrected chi connectivity index (χ0v) is 12.4. The fourth-order valence-electron chi connectivity index (χ4n) is 2.01. The number of nitrogens with zero attached hydrogens (tertiary/aromatic N) is 1. The molecule has 0 radical (unpaired) electrons. The molecule has 1 amide bonds. The van der Waals surface area contributed by atoms with E-state index >= 15 is 0 Å². The monoisotopic (exact) mass is 315 g/mol. The Kier molecular flexibility index (Phi) is 4.80. The van der Waals surface area contributed by atoms with Crippen molar-refractivity contribution in [3.05, 3.63) is 27.4 Å². The summed E-state index contributed by atoms with van der Waals surface area (Å²) in [4.78, 5) is 25.4. The molecule has 20 heavy (non-hydrogen) atoms. The van der Waals surface area contributed by atoms with Crippen LogP contribution in [0.4, 0.5) is 0 Å². The van der Waals surface area contributed by atoms with Crippen molar-refractivity contribution in [2.75, 3.05) is 20.3 Å². The Hall–Kier alpha value is -1.37. The van der Waals surface area contributed by atoms with Crippen molar-refractivity contribution >= 4 is 40.9 Å². The van der Waals surface area contributed by atoms with Crippen molar-refractivity contribution in [1.29, 1.82) is 0 Å². The molecule has 0 saturated carbocycles. The average Bonchev–Trinajstić information content (AvgIpc) is 3.03. The number of carbonyl (C=O) groups is 2. The van der Waals surface area contributed by atoms with E-state index in [-0.39, 0.29) is 19.1 Å². The highest BCUT2D eigenvalue weighted by Gasteiger charge is 2.37. The largest absolute Gasteiger partial charge is 0.481 e. The quantitative estimate of drug-likeness (QED) is 0.863. The number of carboxylic acids is 1. The summed E-state index contributed by atoms with van der Waals surface area (Å²) in [7, 11) is 1.59. The summed E-state index contributed by atoms with van der Waals surface area (Å²) in [6.45, 7) is 0.389. The molecule has 0 aliphatic carbocycles. The molecule has 1 aliphatic heterocycles. The van der Waals surface area contributed by atoms with Gasteiger partial charge in [0.1, 0.15) is 5.92 Å². The molecule has 5 nitrogen and oxygen atoms in total. The van der Waals surface area contributed by atoms with Gasteiger partial charge in [-0.2, -0.15) is 0 Å². The first-order chi connectivity index (χ1) is 9.49. The van der Waals surface area contributed by atoms with Crippen molar-refractivity contribution in [3.63, 3.8) is 0 Å². The average molecular weight is 316 g/mol. The number of thiophene rings is 1. The summed E-state index contributed by atoms with van der Waals surface area (Å²) in [6.07, 6.45) is 3.08. The normalized spacial score (nSPS) is 22.3. The predicted octanol–water partition coefficient (Wildman–Crippen LogP) is 1.97. The van der Waals surface area contributed by atoms with Crippen LogP contribution in [0.5, 0.6) is 0 Å². The third kappa shape index (κ3) is 3.39. The molecule has 0 aromatic carbocycles. The van der Waals surface area contributed by atoms with Gasteiger partial charge in [0.2, 0.25) is 5.91 Å². The van der Waals surface area contributed by atoms with E-state index in [4.69, 9.17) is 21.4 Å². The fourth-order valence-corrected chi connectivity index (χ4v) is 2.98. The van der Waals surface area contributed by atoms with E-state index in [0.717, 1.165) is 4.88 Å². The van der Waals surface area contributed by atoms with E-state index in [1.54, 1.807) is 19.2 Å². The summed E-state index contributed by atoms with van der Waals surface area (Å²) in [5.41, 5.74) is 0. The highest BCUT2D eigenvalue weighted by atomic mass is 35.5. The van der Waals surface area contributed by atoms with Crippen LogP contribution in [0.25, 0.3) is 6.08 Å². The first kappa shape index (κ1) is 15.0. The Morgan fingerprint density at radius 3 is 2.85 bits per heavy atom. The topological polar surface area (TPSA) is 66.8 Å². The molecule has 0 spiro atoms. The van der Waals surface area contributed by atoms with E-state index in [1.165, 1.54) is 22.3 Å². The number of likely N-dealkylation sites (N-methyl/N-ethyl adjacent to an activating group) is 1. The minimum absolute atomic E-state index is 0.141. The van der Waals surface area contributed by atoms with Gasteiger partial charge in [0.25, 0.3) is 0 Å². The van der Waals surface area contributed by atoms with E-state index in [0.29, 0.717) is 4.34 Å². The van der Waals surface area contributed by atoms with Gasteiger partial charge in [-0.3, -0.25) is 9.59 Å². The second kappa shape index (κ2) is 6.39. The summed E-state index contributed by atoms with van der Waals surface area (Å²) in [5, 5.41) is 9.08. The summed E-state index contributed by atoms with van der Waals surface area (Å²) in [5.74, 6) is -1.87. The van der Waals surface area contributed by atoms with Crippen LogP contribution in [-0.4, -0.2) is 48.2 Å². The molecule has 2 heterocycles. The molecule has 2 atom stereocenters. The van der Waals surface area contributed by atoms with Crippen LogP contribution in [0.2, 0.25) is 4.34 Å². The number of hydrogen-bond donors (Lipinski definition) is 1. The van der Waals surface area contributed by atoms with Crippen molar-refractivity contribution in [2.24, 2.45) is 5.92 Å². The Morgan fingerprint density at radius 2 is 2.25 bits per heavy atom. The van der Waals surface area contributed by atoms with Crippen LogP contribution in [0, 0.1) is 5.92 Å². The number of carboxylic acid groups (broad SMARTS) is 1. The van der Waals surface area contributed by atoms with Gasteiger partial charge >= 0.3 is 5.97 Å². The SMILES string of the molecule is CN(C(=O)C=Cc1ccc(Cl)s1)C1COCC1C(=O)O. The van der Waals surface area contributed by atoms with Crippen LogP contribution in [0.1, 0.15) is 4.88 Å². The summed E-state index contributed by atoms with van der Waals surface area (Å²) in [6, 6.07) is 3.14. The van der Waals surface area contributed by atoms with Crippen LogP contribution in [0.15, 0.2) is 18.2 Å². The van der Waals surface area contributed by atoms with Gasteiger partial charge in [0.15, 0.2) is 0 Å². The van der Waals surface area contributed by atoms with Gasteiger partial charge in [-0.1, -0.05) is 11.6 Å². The van der Waals surface area contributed by atoms with Crippen LogP contribution >= 0.6 is 22.9 Å². The fraction of sp³-hybridized carbons (Fsp3) is 0.385. The number of aliphatic carboxylic acids is 1. The maximum absolute atomic E-state index is 12.0. The lowest BCUT2D eigenvalue weighted by Gasteiger charge is -2.25. The maximum Gasteiger partial charge on any atom is 0.311 e. The van der Waals surface area contributed by atoms with Crippen molar-refractivity contribution in [2.45, 2.75) is 6.04 Å². The molecule has 108 valence electrons. The summed E-state index contributed by atoms with van der Waals surface area (Å²) < 4.78 is 5.81. The number of amides is 1. The van der Waals surface area contributed by atoms with Gasteiger partial charge in [0, 0.05) is 18.0 Å². The first-order valence-electron chi connectivity index (χ1n) is 6.00. The molecule has 1 fully saturated rings. The highest BCUT2D eigenvalue weighted by molar-refractivity contribution is 7.17. The van der Waals surface area contributed by atoms with E-state index in [9.17, 15) is 9.59 Å². The number of rotatable bonds is 4. The molecule has 1 aliphatic rings.